The zero-order valence-corrected chi connectivity index (χ0v) is 19.4. The number of hydrogen-bond acceptors (Lipinski definition) is 5. The molecule has 1 aliphatic rings. The van der Waals surface area contributed by atoms with Gasteiger partial charge >= 0.3 is 12.1 Å². The fourth-order valence-corrected chi connectivity index (χ4v) is 4.36. The first-order chi connectivity index (χ1) is 13.4. The summed E-state index contributed by atoms with van der Waals surface area (Å²) in [6, 6.07) is 9.03. The van der Waals surface area contributed by atoms with Crippen LogP contribution in [0.3, 0.4) is 0 Å². The van der Waals surface area contributed by atoms with Crippen LogP contribution in [-0.4, -0.2) is 46.2 Å². The minimum absolute atomic E-state index is 0.0231. The van der Waals surface area contributed by atoms with Crippen molar-refractivity contribution in [2.75, 3.05) is 13.7 Å². The topological polar surface area (TPSA) is 73.9 Å². The summed E-state index contributed by atoms with van der Waals surface area (Å²) >= 11 is 0. The first-order valence-corrected chi connectivity index (χ1v) is 12.8. The van der Waals surface area contributed by atoms with Crippen LogP contribution in [0.4, 0.5) is 4.79 Å². The van der Waals surface area contributed by atoms with Crippen LogP contribution in [0.25, 0.3) is 6.08 Å². The Morgan fingerprint density at radius 3 is 2.48 bits per heavy atom. The number of carbonyl (C=O) groups excluding carboxylic acids is 2. The molecular formula is C22H33NO5Si. The number of hydrogen-bond donors (Lipinski definition) is 1. The minimum Gasteiger partial charge on any atom is -0.462 e. The van der Waals surface area contributed by atoms with Crippen molar-refractivity contribution in [3.63, 3.8) is 0 Å². The van der Waals surface area contributed by atoms with Gasteiger partial charge in [-0.2, -0.15) is 0 Å². The maximum absolute atomic E-state index is 12.9. The molecule has 0 radical (unpaired) electrons. The van der Waals surface area contributed by atoms with E-state index >= 15 is 0 Å². The van der Waals surface area contributed by atoms with Crippen LogP contribution in [0.1, 0.15) is 33.3 Å². The number of methoxy groups -OCH3 is 1. The minimum atomic E-state index is -2.17. The van der Waals surface area contributed by atoms with Gasteiger partial charge in [-0.15, -0.1) is 0 Å². The van der Waals surface area contributed by atoms with E-state index in [0.29, 0.717) is 0 Å². The number of nitrogens with one attached hydrogen (secondary N) is 1. The molecule has 0 spiro atoms. The lowest BCUT2D eigenvalue weighted by Crippen LogP contribution is -2.56. The fourth-order valence-electron chi connectivity index (χ4n) is 2.98. The molecular weight excluding hydrogens is 386 g/mol. The summed E-state index contributed by atoms with van der Waals surface area (Å²) in [4.78, 5) is 24.9. The third-order valence-electron chi connectivity index (χ3n) is 6.10. The molecule has 0 saturated carbocycles. The number of alkyl carbamates (subject to hydrolysis) is 1. The predicted octanol–water partition coefficient (Wildman–Crippen LogP) is 4.38. The molecule has 1 fully saturated rings. The van der Waals surface area contributed by atoms with Gasteiger partial charge in [0.2, 0.25) is 0 Å². The molecule has 1 aromatic carbocycles. The van der Waals surface area contributed by atoms with Crippen LogP contribution in [0, 0.1) is 5.41 Å². The van der Waals surface area contributed by atoms with Gasteiger partial charge in [0.05, 0.1) is 19.3 Å². The molecule has 0 aliphatic carbocycles. The van der Waals surface area contributed by atoms with Gasteiger partial charge in [0.15, 0.2) is 8.32 Å². The molecule has 3 unspecified atom stereocenters. The van der Waals surface area contributed by atoms with E-state index in [1.54, 1.807) is 13.0 Å². The average Bonchev–Trinajstić information content (AvgIpc) is 2.93. The van der Waals surface area contributed by atoms with Gasteiger partial charge in [-0.05, 0) is 30.6 Å². The number of rotatable bonds is 6. The summed E-state index contributed by atoms with van der Waals surface area (Å²) < 4.78 is 16.8. The van der Waals surface area contributed by atoms with Crippen molar-refractivity contribution >= 4 is 26.5 Å². The highest BCUT2D eigenvalue weighted by atomic mass is 28.4. The monoisotopic (exact) mass is 419 g/mol. The number of amides is 1. The zero-order chi connectivity index (χ0) is 21.9. The van der Waals surface area contributed by atoms with Crippen molar-refractivity contribution in [1.82, 2.24) is 5.32 Å². The first kappa shape index (κ1) is 23.2. The van der Waals surface area contributed by atoms with E-state index < -0.39 is 32.0 Å². The van der Waals surface area contributed by atoms with Crippen molar-refractivity contribution in [1.29, 1.82) is 0 Å². The van der Waals surface area contributed by atoms with E-state index in [9.17, 15) is 9.59 Å². The van der Waals surface area contributed by atoms with Gasteiger partial charge in [-0.1, -0.05) is 63.3 Å². The van der Waals surface area contributed by atoms with Gasteiger partial charge in [0.1, 0.15) is 12.0 Å². The normalized spacial score (nSPS) is 23.7. The van der Waals surface area contributed by atoms with Crippen LogP contribution >= 0.6 is 0 Å². The lowest BCUT2D eigenvalue weighted by molar-refractivity contribution is -0.146. The molecule has 1 N–H and O–H groups in total. The molecule has 1 saturated heterocycles. The van der Waals surface area contributed by atoms with Crippen molar-refractivity contribution < 1.29 is 23.5 Å². The zero-order valence-electron chi connectivity index (χ0n) is 18.4. The fraction of sp³-hybridized carbons (Fsp3) is 0.545. The number of benzene rings is 1. The SMILES string of the molecule is COC(=O)NC(C=Cc1ccccc1)C1(C)C(=O)OCC1O[Si](C)(C)C(C)(C)C. The number of ether oxygens (including phenoxy) is 2. The number of esters is 1. The molecule has 3 atom stereocenters. The maximum Gasteiger partial charge on any atom is 0.407 e. The molecule has 0 aromatic heterocycles. The van der Waals surface area contributed by atoms with Crippen LogP contribution < -0.4 is 5.32 Å². The molecule has 7 heteroatoms. The van der Waals surface area contributed by atoms with E-state index in [0.717, 1.165) is 5.56 Å². The van der Waals surface area contributed by atoms with Crippen LogP contribution in [0.2, 0.25) is 18.1 Å². The Morgan fingerprint density at radius 2 is 1.93 bits per heavy atom. The van der Waals surface area contributed by atoms with Crippen molar-refractivity contribution in [3.05, 3.63) is 42.0 Å². The third kappa shape index (κ3) is 5.08. The Balaban J connectivity index is 2.39. The van der Waals surface area contributed by atoms with Crippen molar-refractivity contribution in [2.45, 2.75) is 58.0 Å². The van der Waals surface area contributed by atoms with Gasteiger partial charge in [0, 0.05) is 0 Å². The molecule has 160 valence electrons. The summed E-state index contributed by atoms with van der Waals surface area (Å²) in [5, 5.41) is 2.77. The van der Waals surface area contributed by atoms with Crippen LogP contribution in [0.15, 0.2) is 36.4 Å². The van der Waals surface area contributed by atoms with Gasteiger partial charge < -0.3 is 19.2 Å². The lowest BCUT2D eigenvalue weighted by Gasteiger charge is -2.42. The highest BCUT2D eigenvalue weighted by Crippen LogP contribution is 2.43. The van der Waals surface area contributed by atoms with E-state index in [1.165, 1.54) is 7.11 Å². The highest BCUT2D eigenvalue weighted by Gasteiger charge is 2.57. The van der Waals surface area contributed by atoms with Gasteiger partial charge in [-0.3, -0.25) is 4.79 Å². The number of cyclic esters (lactones) is 1. The van der Waals surface area contributed by atoms with Gasteiger partial charge in [-0.25, -0.2) is 4.79 Å². The quantitative estimate of drug-likeness (QED) is 0.547. The second-order valence-electron chi connectivity index (χ2n) is 9.13. The summed E-state index contributed by atoms with van der Waals surface area (Å²) in [5.74, 6) is -0.389. The summed E-state index contributed by atoms with van der Waals surface area (Å²) in [5.41, 5.74) is -0.115. The second kappa shape index (κ2) is 8.71. The Kier molecular flexibility index (Phi) is 6.96. The second-order valence-corrected chi connectivity index (χ2v) is 13.9. The lowest BCUT2D eigenvalue weighted by atomic mass is 9.78. The number of carbonyl (C=O) groups is 2. The van der Waals surface area contributed by atoms with E-state index in [4.69, 9.17) is 13.9 Å². The summed E-state index contributed by atoms with van der Waals surface area (Å²) in [6.45, 7) is 12.7. The van der Waals surface area contributed by atoms with E-state index in [2.05, 4.69) is 39.2 Å². The van der Waals surface area contributed by atoms with Gasteiger partial charge in [0.25, 0.3) is 0 Å². The Labute approximate surface area is 174 Å². The standard InChI is InChI=1S/C22H33NO5Si/c1-21(2,3)29(6,7)28-18-15-27-19(24)22(18,4)17(23-20(25)26-5)14-13-16-11-9-8-10-12-16/h8-14,17-18H,15H2,1-7H3,(H,23,25). The third-order valence-corrected chi connectivity index (χ3v) is 10.6. The van der Waals surface area contributed by atoms with Crippen LogP contribution in [0.5, 0.6) is 0 Å². The summed E-state index contributed by atoms with van der Waals surface area (Å²) in [6.07, 6.45) is 2.60. The largest absolute Gasteiger partial charge is 0.462 e. The molecule has 1 amide bonds. The van der Waals surface area contributed by atoms with E-state index in [1.807, 2.05) is 36.4 Å². The van der Waals surface area contributed by atoms with Crippen molar-refractivity contribution in [2.24, 2.45) is 5.41 Å². The van der Waals surface area contributed by atoms with Crippen molar-refractivity contribution in [3.8, 4) is 0 Å². The molecule has 29 heavy (non-hydrogen) atoms. The average molecular weight is 420 g/mol. The Hall–Kier alpha value is -2.12. The maximum atomic E-state index is 12.9. The predicted molar refractivity (Wildman–Crippen MR) is 116 cm³/mol. The smallest absolute Gasteiger partial charge is 0.407 e. The van der Waals surface area contributed by atoms with E-state index in [-0.39, 0.29) is 17.6 Å². The molecule has 6 nitrogen and oxygen atoms in total. The first-order valence-electron chi connectivity index (χ1n) is 9.84. The summed E-state index contributed by atoms with van der Waals surface area (Å²) in [7, 11) is -0.872. The highest BCUT2D eigenvalue weighted by molar-refractivity contribution is 6.74. The van der Waals surface area contributed by atoms with Crippen LogP contribution in [-0.2, 0) is 18.7 Å². The molecule has 2 rings (SSSR count). The molecule has 1 heterocycles. The molecule has 1 aliphatic heterocycles. The Morgan fingerprint density at radius 1 is 1.31 bits per heavy atom. The molecule has 1 aromatic rings. The Bertz CT molecular complexity index is 756. The molecule has 0 bridgehead atoms.